The molecule has 0 fully saturated rings. The van der Waals surface area contributed by atoms with Gasteiger partial charge in [-0.2, -0.15) is 0 Å². The van der Waals surface area contributed by atoms with Crippen molar-refractivity contribution in [2.75, 3.05) is 7.11 Å². The lowest BCUT2D eigenvalue weighted by atomic mass is 10.1. The summed E-state index contributed by atoms with van der Waals surface area (Å²) in [6.45, 7) is 2.07. The molecule has 0 bridgehead atoms. The van der Waals surface area contributed by atoms with Crippen molar-refractivity contribution in [3.05, 3.63) is 47.7 Å². The van der Waals surface area contributed by atoms with Crippen LogP contribution < -0.4 is 15.2 Å². The fourth-order valence-electron chi connectivity index (χ4n) is 1.78. The van der Waals surface area contributed by atoms with Gasteiger partial charge in [-0.3, -0.25) is 0 Å². The zero-order valence-electron chi connectivity index (χ0n) is 11.9. The molecule has 1 aromatic carbocycles. The Bertz CT molecular complexity index is 639. The number of rotatable bonds is 5. The van der Waals surface area contributed by atoms with Gasteiger partial charge in [0.05, 0.1) is 7.11 Å². The lowest BCUT2D eigenvalue weighted by Gasteiger charge is -2.11. The van der Waals surface area contributed by atoms with E-state index in [1.807, 2.05) is 18.2 Å². The zero-order chi connectivity index (χ0) is 15.2. The quantitative estimate of drug-likeness (QED) is 0.382. The number of aromatic nitrogens is 1. The molecule has 0 aliphatic heterocycles. The third kappa shape index (κ3) is 3.42. The first kappa shape index (κ1) is 14.6. The molecule has 0 aliphatic rings. The first-order chi connectivity index (χ1) is 10.2. The number of benzene rings is 1. The van der Waals surface area contributed by atoms with Crippen LogP contribution in [-0.2, 0) is 6.42 Å². The third-order valence-electron chi connectivity index (χ3n) is 2.99. The SMILES string of the molecule is CCc1ccc(Oc2ccc(/C(N)=N/O)cn2)c(OC)c1. The Labute approximate surface area is 122 Å². The number of nitrogens with two attached hydrogens (primary N) is 1. The van der Waals surface area contributed by atoms with Crippen LogP contribution in [0.4, 0.5) is 0 Å². The topological polar surface area (TPSA) is 90.0 Å². The van der Waals surface area contributed by atoms with Crippen LogP contribution in [0.3, 0.4) is 0 Å². The summed E-state index contributed by atoms with van der Waals surface area (Å²) in [6.07, 6.45) is 2.39. The first-order valence-corrected chi connectivity index (χ1v) is 6.46. The monoisotopic (exact) mass is 287 g/mol. The Morgan fingerprint density at radius 1 is 1.29 bits per heavy atom. The minimum Gasteiger partial charge on any atom is -0.493 e. The van der Waals surface area contributed by atoms with Crippen LogP contribution in [0.2, 0.25) is 0 Å². The predicted octanol–water partition coefficient (Wildman–Crippen LogP) is 2.54. The van der Waals surface area contributed by atoms with Gasteiger partial charge in [-0.05, 0) is 30.2 Å². The average molecular weight is 287 g/mol. The van der Waals surface area contributed by atoms with E-state index in [0.717, 1.165) is 12.0 Å². The van der Waals surface area contributed by atoms with Gasteiger partial charge in [0, 0.05) is 17.8 Å². The maximum Gasteiger partial charge on any atom is 0.219 e. The van der Waals surface area contributed by atoms with Crippen molar-refractivity contribution in [3.8, 4) is 17.4 Å². The fourth-order valence-corrected chi connectivity index (χ4v) is 1.78. The zero-order valence-corrected chi connectivity index (χ0v) is 11.9. The molecule has 2 rings (SSSR count). The van der Waals surface area contributed by atoms with E-state index < -0.39 is 0 Å². The van der Waals surface area contributed by atoms with Gasteiger partial charge >= 0.3 is 0 Å². The second-order valence-electron chi connectivity index (χ2n) is 4.31. The molecule has 110 valence electrons. The highest BCUT2D eigenvalue weighted by Gasteiger charge is 2.08. The van der Waals surface area contributed by atoms with Gasteiger partial charge in [-0.25, -0.2) is 4.98 Å². The number of nitrogens with zero attached hydrogens (tertiary/aromatic N) is 2. The molecule has 3 N–H and O–H groups in total. The summed E-state index contributed by atoms with van der Waals surface area (Å²) in [7, 11) is 1.59. The lowest BCUT2D eigenvalue weighted by Crippen LogP contribution is -2.13. The van der Waals surface area contributed by atoms with E-state index in [-0.39, 0.29) is 5.84 Å². The maximum atomic E-state index is 8.60. The van der Waals surface area contributed by atoms with Gasteiger partial charge in [-0.15, -0.1) is 0 Å². The number of hydrogen-bond donors (Lipinski definition) is 2. The summed E-state index contributed by atoms with van der Waals surface area (Å²) < 4.78 is 11.0. The highest BCUT2D eigenvalue weighted by atomic mass is 16.5. The van der Waals surface area contributed by atoms with Gasteiger partial charge in [-0.1, -0.05) is 18.1 Å². The molecule has 21 heavy (non-hydrogen) atoms. The van der Waals surface area contributed by atoms with Crippen LogP contribution >= 0.6 is 0 Å². The van der Waals surface area contributed by atoms with Gasteiger partial charge in [0.25, 0.3) is 0 Å². The van der Waals surface area contributed by atoms with Crippen LogP contribution in [0.1, 0.15) is 18.1 Å². The Morgan fingerprint density at radius 2 is 2.10 bits per heavy atom. The molecule has 1 heterocycles. The normalized spacial score (nSPS) is 11.2. The van der Waals surface area contributed by atoms with E-state index in [0.29, 0.717) is 22.9 Å². The molecule has 6 heteroatoms. The lowest BCUT2D eigenvalue weighted by molar-refractivity contribution is 0.318. The number of methoxy groups -OCH3 is 1. The van der Waals surface area contributed by atoms with Crippen molar-refractivity contribution in [2.24, 2.45) is 10.9 Å². The highest BCUT2D eigenvalue weighted by molar-refractivity contribution is 5.96. The van der Waals surface area contributed by atoms with Crippen molar-refractivity contribution in [2.45, 2.75) is 13.3 Å². The van der Waals surface area contributed by atoms with Crippen molar-refractivity contribution < 1.29 is 14.7 Å². The Morgan fingerprint density at radius 3 is 2.67 bits per heavy atom. The van der Waals surface area contributed by atoms with Crippen LogP contribution in [0, 0.1) is 0 Å². The predicted molar refractivity (Wildman–Crippen MR) is 79.2 cm³/mol. The summed E-state index contributed by atoms with van der Waals surface area (Å²) >= 11 is 0. The third-order valence-corrected chi connectivity index (χ3v) is 2.99. The van der Waals surface area contributed by atoms with E-state index in [2.05, 4.69) is 17.1 Å². The molecule has 0 spiro atoms. The van der Waals surface area contributed by atoms with Crippen molar-refractivity contribution in [3.63, 3.8) is 0 Å². The molecular weight excluding hydrogens is 270 g/mol. The second-order valence-corrected chi connectivity index (χ2v) is 4.31. The largest absolute Gasteiger partial charge is 0.493 e. The molecule has 6 nitrogen and oxygen atoms in total. The molecule has 0 unspecified atom stereocenters. The fraction of sp³-hybridized carbons (Fsp3) is 0.200. The molecule has 0 aliphatic carbocycles. The van der Waals surface area contributed by atoms with Crippen molar-refractivity contribution in [1.29, 1.82) is 0 Å². The number of hydrogen-bond acceptors (Lipinski definition) is 5. The van der Waals surface area contributed by atoms with Crippen LogP contribution in [-0.4, -0.2) is 23.1 Å². The molecule has 0 radical (unpaired) electrons. The van der Waals surface area contributed by atoms with Crippen LogP contribution in [0.5, 0.6) is 17.4 Å². The Balaban J connectivity index is 2.22. The maximum absolute atomic E-state index is 8.60. The van der Waals surface area contributed by atoms with Crippen molar-refractivity contribution >= 4 is 5.84 Å². The van der Waals surface area contributed by atoms with E-state index in [4.69, 9.17) is 20.4 Å². The molecule has 0 amide bonds. The number of ether oxygens (including phenoxy) is 2. The molecule has 0 saturated carbocycles. The standard InChI is InChI=1S/C15H17N3O3/c1-3-10-4-6-12(13(8-10)20-2)21-14-7-5-11(9-17-14)15(16)18-19/h4-9,19H,3H2,1-2H3,(H2,16,18). The first-order valence-electron chi connectivity index (χ1n) is 6.46. The van der Waals surface area contributed by atoms with Crippen LogP contribution in [0.25, 0.3) is 0 Å². The number of aryl methyl sites for hydroxylation is 1. The van der Waals surface area contributed by atoms with Crippen molar-refractivity contribution in [1.82, 2.24) is 4.98 Å². The second kappa shape index (κ2) is 6.60. The molecule has 0 atom stereocenters. The minimum atomic E-state index is -0.000991. The molecule has 1 aromatic heterocycles. The van der Waals surface area contributed by atoms with E-state index >= 15 is 0 Å². The number of oxime groups is 1. The number of pyridine rings is 1. The summed E-state index contributed by atoms with van der Waals surface area (Å²) in [5, 5.41) is 11.5. The summed E-state index contributed by atoms with van der Waals surface area (Å²) in [4.78, 5) is 4.11. The van der Waals surface area contributed by atoms with Gasteiger partial charge in [0.2, 0.25) is 5.88 Å². The summed E-state index contributed by atoms with van der Waals surface area (Å²) in [5.41, 5.74) is 7.15. The average Bonchev–Trinajstić information content (AvgIpc) is 2.55. The van der Waals surface area contributed by atoms with E-state index in [9.17, 15) is 0 Å². The van der Waals surface area contributed by atoms with E-state index in [1.54, 1.807) is 19.2 Å². The van der Waals surface area contributed by atoms with E-state index in [1.165, 1.54) is 6.20 Å². The highest BCUT2D eigenvalue weighted by Crippen LogP contribution is 2.31. The Hall–Kier alpha value is -2.76. The molecule has 2 aromatic rings. The molecular formula is C15H17N3O3. The molecule has 0 saturated heterocycles. The van der Waals surface area contributed by atoms with Gasteiger partial charge in [0.15, 0.2) is 17.3 Å². The minimum absolute atomic E-state index is 0.000991. The number of amidine groups is 1. The summed E-state index contributed by atoms with van der Waals surface area (Å²) in [6, 6.07) is 9.05. The van der Waals surface area contributed by atoms with Gasteiger partial charge in [0.1, 0.15) is 0 Å². The van der Waals surface area contributed by atoms with Gasteiger partial charge < -0.3 is 20.4 Å². The summed E-state index contributed by atoms with van der Waals surface area (Å²) in [5.74, 6) is 1.63. The Kier molecular flexibility index (Phi) is 4.61. The smallest absolute Gasteiger partial charge is 0.219 e. The van der Waals surface area contributed by atoms with Crippen LogP contribution in [0.15, 0.2) is 41.7 Å².